The molecule has 2 rings (SSSR count). The Hall–Kier alpha value is -2.30. The number of carbonyl (C=O) groups excluding carboxylic acids is 2. The van der Waals surface area contributed by atoms with Crippen LogP contribution in [0.2, 0.25) is 0 Å². The SMILES string of the molecule is COC(=O)/C=C(\C(=O)OC)c1ccccc1N1CCCCC1. The lowest BCUT2D eigenvalue weighted by Crippen LogP contribution is -2.30. The van der Waals surface area contributed by atoms with Crippen molar-refractivity contribution < 1.29 is 19.1 Å². The highest BCUT2D eigenvalue weighted by Gasteiger charge is 2.21. The second-order valence-corrected chi connectivity index (χ2v) is 5.14. The highest BCUT2D eigenvalue weighted by atomic mass is 16.5. The van der Waals surface area contributed by atoms with Crippen molar-refractivity contribution >= 4 is 23.2 Å². The van der Waals surface area contributed by atoms with Crippen LogP contribution in [0.4, 0.5) is 5.69 Å². The molecule has 1 fully saturated rings. The molecule has 0 aromatic heterocycles. The highest BCUT2D eigenvalue weighted by Crippen LogP contribution is 2.30. The van der Waals surface area contributed by atoms with Crippen LogP contribution in [0.3, 0.4) is 0 Å². The Morgan fingerprint density at radius 2 is 1.73 bits per heavy atom. The molecule has 0 radical (unpaired) electrons. The fourth-order valence-corrected chi connectivity index (χ4v) is 2.65. The number of methoxy groups -OCH3 is 2. The van der Waals surface area contributed by atoms with E-state index in [-0.39, 0.29) is 5.57 Å². The third kappa shape index (κ3) is 3.67. The second kappa shape index (κ2) is 7.64. The van der Waals surface area contributed by atoms with Crippen molar-refractivity contribution in [3.63, 3.8) is 0 Å². The molecule has 118 valence electrons. The van der Waals surface area contributed by atoms with Crippen LogP contribution in [0.15, 0.2) is 30.3 Å². The standard InChI is InChI=1S/C17H21NO4/c1-21-16(19)12-14(17(20)22-2)13-8-4-5-9-15(13)18-10-6-3-7-11-18/h4-5,8-9,12H,3,6-7,10-11H2,1-2H3/b14-12-. The summed E-state index contributed by atoms with van der Waals surface area (Å²) in [5, 5.41) is 0. The highest BCUT2D eigenvalue weighted by molar-refractivity contribution is 6.21. The number of anilines is 1. The average Bonchev–Trinajstić information content (AvgIpc) is 2.59. The molecule has 22 heavy (non-hydrogen) atoms. The third-order valence-electron chi connectivity index (χ3n) is 3.76. The summed E-state index contributed by atoms with van der Waals surface area (Å²) in [6, 6.07) is 7.57. The van der Waals surface area contributed by atoms with Crippen LogP contribution < -0.4 is 4.90 Å². The summed E-state index contributed by atoms with van der Waals surface area (Å²) < 4.78 is 9.47. The Kier molecular flexibility index (Phi) is 5.58. The van der Waals surface area contributed by atoms with E-state index in [0.29, 0.717) is 5.56 Å². The maximum absolute atomic E-state index is 12.1. The number of carbonyl (C=O) groups is 2. The normalized spacial score (nSPS) is 15.4. The second-order valence-electron chi connectivity index (χ2n) is 5.14. The molecule has 1 heterocycles. The van der Waals surface area contributed by atoms with Gasteiger partial charge in [-0.3, -0.25) is 0 Å². The predicted molar refractivity (Wildman–Crippen MR) is 84.5 cm³/mol. The molecule has 0 saturated carbocycles. The van der Waals surface area contributed by atoms with Crippen molar-refractivity contribution in [2.75, 3.05) is 32.2 Å². The van der Waals surface area contributed by atoms with E-state index < -0.39 is 11.9 Å². The molecule has 0 N–H and O–H groups in total. The van der Waals surface area contributed by atoms with Crippen LogP contribution in [0.5, 0.6) is 0 Å². The van der Waals surface area contributed by atoms with E-state index in [1.807, 2.05) is 24.3 Å². The molecule has 0 amide bonds. The van der Waals surface area contributed by atoms with Crippen LogP contribution in [0, 0.1) is 0 Å². The van der Waals surface area contributed by atoms with Crippen molar-refractivity contribution in [2.24, 2.45) is 0 Å². The van der Waals surface area contributed by atoms with Crippen molar-refractivity contribution in [1.29, 1.82) is 0 Å². The topological polar surface area (TPSA) is 55.8 Å². The molecule has 1 aliphatic heterocycles. The molecule has 1 saturated heterocycles. The maximum Gasteiger partial charge on any atom is 0.338 e. The van der Waals surface area contributed by atoms with Crippen molar-refractivity contribution in [1.82, 2.24) is 0 Å². The lowest BCUT2D eigenvalue weighted by molar-refractivity contribution is -0.136. The van der Waals surface area contributed by atoms with Crippen LogP contribution >= 0.6 is 0 Å². The number of esters is 2. The van der Waals surface area contributed by atoms with Gasteiger partial charge in [0.25, 0.3) is 0 Å². The predicted octanol–water partition coefficient (Wildman–Crippen LogP) is 2.41. The van der Waals surface area contributed by atoms with Gasteiger partial charge in [-0.1, -0.05) is 18.2 Å². The van der Waals surface area contributed by atoms with E-state index in [4.69, 9.17) is 4.74 Å². The van der Waals surface area contributed by atoms with Gasteiger partial charge in [0, 0.05) is 30.4 Å². The lowest BCUT2D eigenvalue weighted by atomic mass is 10.0. The lowest BCUT2D eigenvalue weighted by Gasteiger charge is -2.30. The zero-order valence-corrected chi connectivity index (χ0v) is 13.0. The summed E-state index contributed by atoms with van der Waals surface area (Å²) in [5.41, 5.74) is 1.86. The number of nitrogens with zero attached hydrogens (tertiary/aromatic N) is 1. The summed E-state index contributed by atoms with van der Waals surface area (Å²) >= 11 is 0. The van der Waals surface area contributed by atoms with Gasteiger partial charge in [0.15, 0.2) is 0 Å². The molecule has 1 aromatic rings. The minimum absolute atomic E-state index is 0.218. The Balaban J connectivity index is 2.45. The number of hydrogen-bond donors (Lipinski definition) is 0. The Labute approximate surface area is 130 Å². The molecule has 0 aliphatic carbocycles. The van der Waals surface area contributed by atoms with Crippen LogP contribution in [-0.2, 0) is 19.1 Å². The molecule has 0 unspecified atom stereocenters. The molecule has 5 heteroatoms. The van der Waals surface area contributed by atoms with Gasteiger partial charge in [-0.25, -0.2) is 9.59 Å². The largest absolute Gasteiger partial charge is 0.466 e. The smallest absolute Gasteiger partial charge is 0.338 e. The molecule has 5 nitrogen and oxygen atoms in total. The van der Waals surface area contributed by atoms with E-state index in [2.05, 4.69) is 9.64 Å². The molecule has 0 atom stereocenters. The molecule has 1 aromatic carbocycles. The van der Waals surface area contributed by atoms with Crippen molar-refractivity contribution in [3.8, 4) is 0 Å². The number of hydrogen-bond acceptors (Lipinski definition) is 5. The number of benzene rings is 1. The Bertz CT molecular complexity index is 574. The molecular formula is C17H21NO4. The Morgan fingerprint density at radius 1 is 1.05 bits per heavy atom. The molecule has 0 bridgehead atoms. The van der Waals surface area contributed by atoms with Gasteiger partial charge in [0.1, 0.15) is 0 Å². The van der Waals surface area contributed by atoms with Gasteiger partial charge in [-0.2, -0.15) is 0 Å². The van der Waals surface area contributed by atoms with E-state index in [0.717, 1.165) is 31.6 Å². The Morgan fingerprint density at radius 3 is 2.36 bits per heavy atom. The van der Waals surface area contributed by atoms with Gasteiger partial charge in [-0.05, 0) is 25.3 Å². The number of rotatable bonds is 4. The van der Waals surface area contributed by atoms with Gasteiger partial charge in [0.2, 0.25) is 0 Å². The summed E-state index contributed by atoms with van der Waals surface area (Å²) in [5.74, 6) is -1.12. The van der Waals surface area contributed by atoms with Gasteiger partial charge < -0.3 is 14.4 Å². The summed E-state index contributed by atoms with van der Waals surface area (Å²) in [7, 11) is 2.58. The number of para-hydroxylation sites is 1. The van der Waals surface area contributed by atoms with Crippen molar-refractivity contribution in [2.45, 2.75) is 19.3 Å². The van der Waals surface area contributed by atoms with E-state index in [1.54, 1.807) is 0 Å². The molecule has 0 spiro atoms. The molecule has 1 aliphatic rings. The minimum Gasteiger partial charge on any atom is -0.466 e. The van der Waals surface area contributed by atoms with Crippen LogP contribution in [0.25, 0.3) is 5.57 Å². The first-order chi connectivity index (χ1) is 10.7. The first-order valence-corrected chi connectivity index (χ1v) is 7.39. The number of piperidine rings is 1. The fourth-order valence-electron chi connectivity index (χ4n) is 2.65. The van der Waals surface area contributed by atoms with Crippen LogP contribution in [0.1, 0.15) is 24.8 Å². The first kappa shape index (κ1) is 16.1. The van der Waals surface area contributed by atoms with Gasteiger partial charge in [-0.15, -0.1) is 0 Å². The van der Waals surface area contributed by atoms with Crippen molar-refractivity contribution in [3.05, 3.63) is 35.9 Å². The van der Waals surface area contributed by atoms with Crippen LogP contribution in [-0.4, -0.2) is 39.2 Å². The average molecular weight is 303 g/mol. The zero-order valence-electron chi connectivity index (χ0n) is 13.0. The van der Waals surface area contributed by atoms with E-state index in [9.17, 15) is 9.59 Å². The van der Waals surface area contributed by atoms with Gasteiger partial charge >= 0.3 is 11.9 Å². The van der Waals surface area contributed by atoms with Gasteiger partial charge in [0.05, 0.1) is 19.8 Å². The van der Waals surface area contributed by atoms with E-state index >= 15 is 0 Å². The van der Waals surface area contributed by atoms with E-state index in [1.165, 1.54) is 26.7 Å². The maximum atomic E-state index is 12.1. The zero-order chi connectivity index (χ0) is 15.9. The summed E-state index contributed by atoms with van der Waals surface area (Å²) in [4.78, 5) is 25.9. The minimum atomic E-state index is -0.575. The fraction of sp³-hybridized carbons (Fsp3) is 0.412. The third-order valence-corrected chi connectivity index (χ3v) is 3.76. The number of ether oxygens (including phenoxy) is 2. The summed E-state index contributed by atoms with van der Waals surface area (Å²) in [6.07, 6.45) is 4.67. The summed E-state index contributed by atoms with van der Waals surface area (Å²) in [6.45, 7) is 1.90. The first-order valence-electron chi connectivity index (χ1n) is 7.39. The quantitative estimate of drug-likeness (QED) is 0.631. The monoisotopic (exact) mass is 303 g/mol. The molecular weight excluding hydrogens is 282 g/mol.